The molecule has 1 aliphatic rings. The number of hydrogen-bond donors (Lipinski definition) is 1. The zero-order chi connectivity index (χ0) is 19.0. The summed E-state index contributed by atoms with van der Waals surface area (Å²) in [5, 5.41) is -6.41. The second-order valence-electron chi connectivity index (χ2n) is 4.95. The molecule has 1 fully saturated rings. The van der Waals surface area contributed by atoms with Crippen molar-refractivity contribution in [1.29, 1.82) is 0 Å². The van der Waals surface area contributed by atoms with Crippen LogP contribution < -0.4 is 4.72 Å². The van der Waals surface area contributed by atoms with Gasteiger partial charge in [0.2, 0.25) is 5.91 Å². The molecule has 0 radical (unpaired) electrons. The molecule has 0 heterocycles. The van der Waals surface area contributed by atoms with Gasteiger partial charge in [-0.3, -0.25) is 4.79 Å². The van der Waals surface area contributed by atoms with E-state index in [1.807, 2.05) is 4.74 Å². The fourth-order valence-corrected chi connectivity index (χ4v) is 2.81. The van der Waals surface area contributed by atoms with Crippen molar-refractivity contribution in [2.24, 2.45) is 5.92 Å². The predicted octanol–water partition coefficient (Wildman–Crippen LogP) is 2.68. The molecule has 1 amide bonds. The Morgan fingerprint density at radius 1 is 1.04 bits per heavy atom. The van der Waals surface area contributed by atoms with Gasteiger partial charge in [0.15, 0.2) is 0 Å². The standard InChI is InChI=1S/C10H11F8NO4S/c11-7(12)8(13,14)23-9(15,16)10(17,18)24(21,22)19-6(20)5-3-1-2-4-5/h5,7H,1-4H2,(H,19,20). The van der Waals surface area contributed by atoms with Crippen molar-refractivity contribution in [2.75, 3.05) is 0 Å². The van der Waals surface area contributed by atoms with Crippen LogP contribution in [0, 0.1) is 5.92 Å². The first-order valence-electron chi connectivity index (χ1n) is 6.32. The monoisotopic (exact) mass is 393 g/mol. The van der Waals surface area contributed by atoms with Gasteiger partial charge >= 0.3 is 33.9 Å². The van der Waals surface area contributed by atoms with Crippen LogP contribution in [-0.2, 0) is 19.6 Å². The largest absolute Gasteiger partial charge is 0.453 e. The van der Waals surface area contributed by atoms with Crippen LogP contribution in [0.25, 0.3) is 0 Å². The van der Waals surface area contributed by atoms with E-state index in [-0.39, 0.29) is 12.8 Å². The Morgan fingerprint density at radius 3 is 1.92 bits per heavy atom. The smallest absolute Gasteiger partial charge is 0.274 e. The number of ether oxygens (including phenoxy) is 1. The topological polar surface area (TPSA) is 72.5 Å². The first-order valence-corrected chi connectivity index (χ1v) is 7.80. The maximum Gasteiger partial charge on any atom is 0.453 e. The SMILES string of the molecule is O=C(NS(=O)(=O)C(F)(F)C(F)(F)OC(F)(F)C(F)F)C1CCCC1. The minimum Gasteiger partial charge on any atom is -0.274 e. The Labute approximate surface area is 130 Å². The Bertz CT molecular complexity index is 573. The van der Waals surface area contributed by atoms with Crippen LogP contribution in [-0.4, -0.2) is 38.2 Å². The highest BCUT2D eigenvalue weighted by molar-refractivity contribution is 7.91. The third kappa shape index (κ3) is 4.07. The van der Waals surface area contributed by atoms with Gasteiger partial charge in [-0.2, -0.15) is 34.8 Å². The van der Waals surface area contributed by atoms with Crippen LogP contribution in [0.15, 0.2) is 0 Å². The average molecular weight is 393 g/mol. The normalized spacial score (nSPS) is 18.2. The Hall–Kier alpha value is -1.18. The molecule has 1 aliphatic carbocycles. The fraction of sp³-hybridized carbons (Fsp3) is 0.900. The van der Waals surface area contributed by atoms with Gasteiger partial charge in [0.05, 0.1) is 0 Å². The molecule has 0 aromatic rings. The zero-order valence-corrected chi connectivity index (χ0v) is 12.4. The summed E-state index contributed by atoms with van der Waals surface area (Å²) in [6.07, 6.45) is -16.3. The molecule has 0 aliphatic heterocycles. The highest BCUT2D eigenvalue weighted by Gasteiger charge is 2.72. The lowest BCUT2D eigenvalue weighted by molar-refractivity contribution is -0.435. The molecule has 1 saturated carbocycles. The molecule has 0 bridgehead atoms. The lowest BCUT2D eigenvalue weighted by atomic mass is 10.1. The molecule has 0 unspecified atom stereocenters. The number of amides is 1. The minimum atomic E-state index is -6.54. The van der Waals surface area contributed by atoms with Crippen LogP contribution in [0.2, 0.25) is 0 Å². The zero-order valence-electron chi connectivity index (χ0n) is 11.5. The minimum absolute atomic E-state index is 0.114. The molecule has 1 N–H and O–H groups in total. The van der Waals surface area contributed by atoms with Crippen molar-refractivity contribution in [1.82, 2.24) is 4.72 Å². The van der Waals surface area contributed by atoms with Crippen molar-refractivity contribution in [3.05, 3.63) is 0 Å². The fourth-order valence-electron chi connectivity index (χ4n) is 1.90. The molecule has 24 heavy (non-hydrogen) atoms. The van der Waals surface area contributed by atoms with Crippen molar-refractivity contribution in [3.63, 3.8) is 0 Å². The number of carbonyl (C=O) groups excluding carboxylic acids is 1. The van der Waals surface area contributed by atoms with Gasteiger partial charge in [-0.25, -0.2) is 18.2 Å². The molecule has 0 atom stereocenters. The summed E-state index contributed by atoms with van der Waals surface area (Å²) in [6.45, 7) is 0. The quantitative estimate of drug-likeness (QED) is 0.676. The molecule has 14 heteroatoms. The van der Waals surface area contributed by atoms with Crippen molar-refractivity contribution >= 4 is 15.9 Å². The van der Waals surface area contributed by atoms with E-state index in [9.17, 15) is 48.3 Å². The van der Waals surface area contributed by atoms with E-state index in [2.05, 4.69) is 0 Å². The molecule has 0 aromatic carbocycles. The number of sulfonamides is 1. The third-order valence-corrected chi connectivity index (χ3v) is 4.54. The highest BCUT2D eigenvalue weighted by atomic mass is 32.2. The van der Waals surface area contributed by atoms with Crippen LogP contribution >= 0.6 is 0 Å². The Balaban J connectivity index is 2.99. The van der Waals surface area contributed by atoms with Crippen LogP contribution in [0.4, 0.5) is 35.1 Å². The van der Waals surface area contributed by atoms with E-state index >= 15 is 0 Å². The van der Waals surface area contributed by atoms with Gasteiger partial charge < -0.3 is 0 Å². The summed E-state index contributed by atoms with van der Waals surface area (Å²) in [6, 6.07) is 0. The van der Waals surface area contributed by atoms with Crippen LogP contribution in [0.1, 0.15) is 25.7 Å². The lowest BCUT2D eigenvalue weighted by Crippen LogP contribution is -2.57. The van der Waals surface area contributed by atoms with Gasteiger partial charge in [-0.1, -0.05) is 12.8 Å². The number of halogens is 8. The van der Waals surface area contributed by atoms with E-state index in [1.165, 1.54) is 0 Å². The number of carbonyl (C=O) groups is 1. The second kappa shape index (κ2) is 6.61. The maximum atomic E-state index is 13.4. The molecular weight excluding hydrogens is 382 g/mol. The van der Waals surface area contributed by atoms with Crippen molar-refractivity contribution in [3.8, 4) is 0 Å². The van der Waals surface area contributed by atoms with Crippen molar-refractivity contribution in [2.45, 2.75) is 49.6 Å². The predicted molar refractivity (Wildman–Crippen MR) is 61.0 cm³/mol. The summed E-state index contributed by atoms with van der Waals surface area (Å²) < 4.78 is 126. The summed E-state index contributed by atoms with van der Waals surface area (Å²) in [4.78, 5) is 11.5. The van der Waals surface area contributed by atoms with Gasteiger partial charge in [-0.05, 0) is 12.8 Å². The van der Waals surface area contributed by atoms with Crippen LogP contribution in [0.5, 0.6) is 0 Å². The van der Waals surface area contributed by atoms with Gasteiger partial charge in [0.1, 0.15) is 0 Å². The van der Waals surface area contributed by atoms with E-state index in [4.69, 9.17) is 0 Å². The number of nitrogens with one attached hydrogen (secondary N) is 1. The van der Waals surface area contributed by atoms with E-state index in [1.54, 1.807) is 0 Å². The summed E-state index contributed by atoms with van der Waals surface area (Å²) in [7, 11) is -6.54. The summed E-state index contributed by atoms with van der Waals surface area (Å²) >= 11 is 0. The number of hydrogen-bond acceptors (Lipinski definition) is 4. The average Bonchev–Trinajstić information content (AvgIpc) is 2.90. The number of alkyl halides is 8. The first-order chi connectivity index (χ1) is 10.6. The first kappa shape index (κ1) is 20.9. The molecule has 0 saturated heterocycles. The van der Waals surface area contributed by atoms with Gasteiger partial charge in [-0.15, -0.1) is 0 Å². The maximum absolute atomic E-state index is 13.4. The summed E-state index contributed by atoms with van der Waals surface area (Å²) in [5.74, 6) is -2.56. The Kier molecular flexibility index (Phi) is 5.75. The molecular formula is C10H11F8NO4S. The van der Waals surface area contributed by atoms with E-state index in [0.29, 0.717) is 17.6 Å². The second-order valence-corrected chi connectivity index (χ2v) is 6.67. The number of rotatable bonds is 7. The lowest BCUT2D eigenvalue weighted by Gasteiger charge is -2.28. The van der Waals surface area contributed by atoms with E-state index < -0.39 is 45.7 Å². The molecule has 0 aromatic heterocycles. The van der Waals surface area contributed by atoms with E-state index in [0.717, 1.165) is 0 Å². The van der Waals surface area contributed by atoms with Crippen LogP contribution in [0.3, 0.4) is 0 Å². The van der Waals surface area contributed by atoms with Gasteiger partial charge in [0.25, 0.3) is 0 Å². The molecule has 1 rings (SSSR count). The molecule has 5 nitrogen and oxygen atoms in total. The Morgan fingerprint density at radius 2 is 1.50 bits per heavy atom. The molecule has 142 valence electrons. The van der Waals surface area contributed by atoms with Gasteiger partial charge in [0, 0.05) is 5.92 Å². The van der Waals surface area contributed by atoms with Crippen molar-refractivity contribution < 1.29 is 53.1 Å². The summed E-state index contributed by atoms with van der Waals surface area (Å²) in [5.41, 5.74) is 0. The highest BCUT2D eigenvalue weighted by Crippen LogP contribution is 2.44. The molecule has 0 spiro atoms. The third-order valence-electron chi connectivity index (χ3n) is 3.16.